The molecule has 0 bridgehead atoms. The highest BCUT2D eigenvalue weighted by Crippen LogP contribution is 2.27. The third kappa shape index (κ3) is 4.70. The summed E-state index contributed by atoms with van der Waals surface area (Å²) in [7, 11) is 0. The molecule has 2 aromatic heterocycles. The van der Waals surface area contributed by atoms with Gasteiger partial charge < -0.3 is 15.1 Å². The summed E-state index contributed by atoms with van der Waals surface area (Å²) in [6.45, 7) is 3.20. The van der Waals surface area contributed by atoms with E-state index in [4.69, 9.17) is 0 Å². The molecule has 8 heteroatoms. The maximum Gasteiger partial charge on any atom is 0.271 e. The smallest absolute Gasteiger partial charge is 0.271 e. The summed E-state index contributed by atoms with van der Waals surface area (Å²) in [5, 5.41) is 3.02. The van der Waals surface area contributed by atoms with Crippen molar-refractivity contribution in [1.82, 2.24) is 25.2 Å². The van der Waals surface area contributed by atoms with Gasteiger partial charge in [0.05, 0.1) is 6.20 Å². The van der Waals surface area contributed by atoms with E-state index in [1.54, 1.807) is 18.6 Å². The Hall–Kier alpha value is -3.03. The van der Waals surface area contributed by atoms with Crippen LogP contribution in [0.15, 0.2) is 43.1 Å². The van der Waals surface area contributed by atoms with Crippen LogP contribution in [0.4, 0.5) is 5.69 Å². The number of carbonyl (C=O) groups excluding carboxylic acids is 2. The van der Waals surface area contributed by atoms with Crippen LogP contribution in [0.5, 0.6) is 0 Å². The molecular weight excluding hydrogens is 368 g/mol. The molecule has 1 aliphatic heterocycles. The SMILES string of the molecule is O=C(NC1CCC(C(=O)N2CCN(c3ccncc3)CC2)CC1)c1cnccn1. The highest BCUT2D eigenvalue weighted by atomic mass is 16.2. The van der Waals surface area contributed by atoms with Crippen molar-refractivity contribution in [2.45, 2.75) is 31.7 Å². The molecule has 0 atom stereocenters. The molecule has 2 amide bonds. The maximum absolute atomic E-state index is 12.9. The Balaban J connectivity index is 1.23. The normalized spacial score (nSPS) is 22.2. The van der Waals surface area contributed by atoms with Crippen LogP contribution in [0, 0.1) is 5.92 Å². The number of rotatable bonds is 4. The van der Waals surface area contributed by atoms with Gasteiger partial charge in [-0.15, -0.1) is 0 Å². The molecule has 3 heterocycles. The monoisotopic (exact) mass is 394 g/mol. The number of nitrogens with zero attached hydrogens (tertiary/aromatic N) is 5. The lowest BCUT2D eigenvalue weighted by Gasteiger charge is -2.38. The van der Waals surface area contributed by atoms with Gasteiger partial charge in [-0.2, -0.15) is 0 Å². The second-order valence-electron chi connectivity index (χ2n) is 7.63. The highest BCUT2D eigenvalue weighted by molar-refractivity contribution is 5.92. The molecular formula is C21H26N6O2. The molecule has 152 valence electrons. The zero-order valence-corrected chi connectivity index (χ0v) is 16.4. The van der Waals surface area contributed by atoms with Crippen LogP contribution in [0.3, 0.4) is 0 Å². The van der Waals surface area contributed by atoms with E-state index in [-0.39, 0.29) is 23.8 Å². The number of hydrogen-bond acceptors (Lipinski definition) is 6. The van der Waals surface area contributed by atoms with Gasteiger partial charge in [-0.05, 0) is 37.8 Å². The van der Waals surface area contributed by atoms with E-state index >= 15 is 0 Å². The Labute approximate surface area is 170 Å². The van der Waals surface area contributed by atoms with Crippen LogP contribution in [0.1, 0.15) is 36.2 Å². The van der Waals surface area contributed by atoms with Gasteiger partial charge in [0.1, 0.15) is 5.69 Å². The number of aromatic nitrogens is 3. The predicted molar refractivity (Wildman–Crippen MR) is 108 cm³/mol. The fraction of sp³-hybridized carbons (Fsp3) is 0.476. The van der Waals surface area contributed by atoms with Crippen molar-refractivity contribution >= 4 is 17.5 Å². The number of nitrogens with one attached hydrogen (secondary N) is 1. The first-order valence-electron chi connectivity index (χ1n) is 10.2. The lowest BCUT2D eigenvalue weighted by Crippen LogP contribution is -2.51. The number of carbonyl (C=O) groups is 2. The topological polar surface area (TPSA) is 91.3 Å². The van der Waals surface area contributed by atoms with Gasteiger partial charge >= 0.3 is 0 Å². The molecule has 2 aromatic rings. The molecule has 0 unspecified atom stereocenters. The minimum Gasteiger partial charge on any atom is -0.368 e. The van der Waals surface area contributed by atoms with Crippen molar-refractivity contribution in [3.05, 3.63) is 48.8 Å². The van der Waals surface area contributed by atoms with Crippen molar-refractivity contribution in [2.24, 2.45) is 5.92 Å². The quantitative estimate of drug-likeness (QED) is 0.845. The Morgan fingerprint density at radius 1 is 0.897 bits per heavy atom. The van der Waals surface area contributed by atoms with Gasteiger partial charge in [0.25, 0.3) is 5.91 Å². The van der Waals surface area contributed by atoms with Crippen molar-refractivity contribution in [1.29, 1.82) is 0 Å². The van der Waals surface area contributed by atoms with E-state index in [1.807, 2.05) is 17.0 Å². The summed E-state index contributed by atoms with van der Waals surface area (Å²) in [5.41, 5.74) is 1.49. The second-order valence-corrected chi connectivity index (χ2v) is 7.63. The number of pyridine rings is 1. The molecule has 1 N–H and O–H groups in total. The van der Waals surface area contributed by atoms with Crippen molar-refractivity contribution in [3.8, 4) is 0 Å². The van der Waals surface area contributed by atoms with Crippen molar-refractivity contribution in [3.63, 3.8) is 0 Å². The number of piperazine rings is 1. The van der Waals surface area contributed by atoms with E-state index < -0.39 is 0 Å². The molecule has 0 spiro atoms. The largest absolute Gasteiger partial charge is 0.368 e. The van der Waals surface area contributed by atoms with Gasteiger partial charge in [-0.3, -0.25) is 19.6 Å². The molecule has 29 heavy (non-hydrogen) atoms. The summed E-state index contributed by atoms with van der Waals surface area (Å²) in [6, 6.07) is 4.11. The number of amides is 2. The summed E-state index contributed by atoms with van der Waals surface area (Å²) in [5.74, 6) is 0.130. The molecule has 2 aliphatic rings. The Morgan fingerprint density at radius 2 is 1.62 bits per heavy atom. The van der Waals surface area contributed by atoms with E-state index in [1.165, 1.54) is 12.4 Å². The first-order valence-corrected chi connectivity index (χ1v) is 10.2. The average molecular weight is 394 g/mol. The molecule has 2 fully saturated rings. The fourth-order valence-electron chi connectivity index (χ4n) is 4.16. The Bertz CT molecular complexity index is 816. The minimum absolute atomic E-state index is 0.0622. The molecule has 1 saturated heterocycles. The van der Waals surface area contributed by atoms with E-state index in [2.05, 4.69) is 25.2 Å². The fourth-order valence-corrected chi connectivity index (χ4v) is 4.16. The third-order valence-electron chi connectivity index (χ3n) is 5.83. The lowest BCUT2D eigenvalue weighted by molar-refractivity contribution is -0.137. The van der Waals surface area contributed by atoms with Gasteiger partial charge in [-0.1, -0.05) is 0 Å². The van der Waals surface area contributed by atoms with Gasteiger partial charge in [0.15, 0.2) is 0 Å². The minimum atomic E-state index is -0.194. The van der Waals surface area contributed by atoms with E-state index in [0.29, 0.717) is 5.69 Å². The summed E-state index contributed by atoms with van der Waals surface area (Å²) >= 11 is 0. The van der Waals surface area contributed by atoms with Crippen LogP contribution in [0.25, 0.3) is 0 Å². The zero-order valence-electron chi connectivity index (χ0n) is 16.4. The summed E-state index contributed by atoms with van der Waals surface area (Å²) in [4.78, 5) is 41.5. The highest BCUT2D eigenvalue weighted by Gasteiger charge is 2.31. The summed E-state index contributed by atoms with van der Waals surface area (Å²) in [6.07, 6.45) is 11.4. The number of anilines is 1. The van der Waals surface area contributed by atoms with Crippen LogP contribution in [0.2, 0.25) is 0 Å². The predicted octanol–water partition coefficient (Wildman–Crippen LogP) is 1.51. The number of hydrogen-bond donors (Lipinski definition) is 1. The van der Waals surface area contributed by atoms with Gasteiger partial charge in [0, 0.05) is 68.6 Å². The first-order chi connectivity index (χ1) is 14.2. The Kier molecular flexibility index (Phi) is 5.97. The lowest BCUT2D eigenvalue weighted by atomic mass is 9.85. The molecule has 1 aliphatic carbocycles. The standard InChI is InChI=1S/C21H26N6O2/c28-20(19-15-23-9-10-24-19)25-17-3-1-16(2-4-17)21(29)27-13-11-26(12-14-27)18-5-7-22-8-6-18/h5-10,15-17H,1-4,11-14H2,(H,25,28). The summed E-state index contributed by atoms with van der Waals surface area (Å²) < 4.78 is 0. The third-order valence-corrected chi connectivity index (χ3v) is 5.83. The van der Waals surface area contributed by atoms with Crippen LogP contribution in [-0.4, -0.2) is 63.9 Å². The maximum atomic E-state index is 12.9. The van der Waals surface area contributed by atoms with Gasteiger partial charge in [-0.25, -0.2) is 4.98 Å². The average Bonchev–Trinajstić information content (AvgIpc) is 2.80. The van der Waals surface area contributed by atoms with Crippen LogP contribution >= 0.6 is 0 Å². The van der Waals surface area contributed by atoms with Gasteiger partial charge in [0.2, 0.25) is 5.91 Å². The Morgan fingerprint density at radius 3 is 2.28 bits per heavy atom. The van der Waals surface area contributed by atoms with Crippen LogP contribution in [-0.2, 0) is 4.79 Å². The molecule has 8 nitrogen and oxygen atoms in total. The molecule has 0 radical (unpaired) electrons. The molecule has 0 aromatic carbocycles. The first kappa shape index (κ1) is 19.3. The van der Waals surface area contributed by atoms with Crippen molar-refractivity contribution < 1.29 is 9.59 Å². The molecule has 1 saturated carbocycles. The zero-order chi connectivity index (χ0) is 20.1. The molecule has 4 rings (SSSR count). The second kappa shape index (κ2) is 8.98. The van der Waals surface area contributed by atoms with Crippen molar-refractivity contribution in [2.75, 3.05) is 31.1 Å². The van der Waals surface area contributed by atoms with Crippen LogP contribution < -0.4 is 10.2 Å². The van der Waals surface area contributed by atoms with E-state index in [9.17, 15) is 9.59 Å². The van der Waals surface area contributed by atoms with E-state index in [0.717, 1.165) is 57.5 Å².